The van der Waals surface area contributed by atoms with Crippen LogP contribution in [0, 0.1) is 18.3 Å². The summed E-state index contributed by atoms with van der Waals surface area (Å²) < 4.78 is 4.99. The van der Waals surface area contributed by atoms with Crippen LogP contribution in [0.15, 0.2) is 24.3 Å². The number of carbonyl (C=O) groups excluding carboxylic acids is 1. The molecule has 0 radical (unpaired) electrons. The Bertz CT molecular complexity index is 465. The Kier molecular flexibility index (Phi) is 6.71. The van der Waals surface area contributed by atoms with Crippen molar-refractivity contribution in [2.75, 3.05) is 26.8 Å². The van der Waals surface area contributed by atoms with Gasteiger partial charge in [-0.1, -0.05) is 29.8 Å². The highest BCUT2D eigenvalue weighted by atomic mass is 16.5. The van der Waals surface area contributed by atoms with Crippen molar-refractivity contribution in [3.63, 3.8) is 0 Å². The molecule has 0 aromatic heterocycles. The summed E-state index contributed by atoms with van der Waals surface area (Å²) in [6.45, 7) is 3.22. The summed E-state index contributed by atoms with van der Waals surface area (Å²) in [5.74, 6) is -0.179. The number of carbonyl (C=O) groups is 1. The maximum absolute atomic E-state index is 12.4. The first-order valence-electron chi connectivity index (χ1n) is 6.57. The molecule has 0 bridgehead atoms. The molecule has 1 amide bonds. The zero-order valence-electron chi connectivity index (χ0n) is 12.0. The number of aryl methyl sites for hydroxylation is 1. The monoisotopic (exact) mass is 275 g/mol. The van der Waals surface area contributed by atoms with E-state index in [4.69, 9.17) is 15.7 Å². The maximum atomic E-state index is 12.4. The normalized spacial score (nSPS) is 11.7. The molecule has 1 aromatic carbocycles. The lowest BCUT2D eigenvalue weighted by Crippen LogP contribution is -2.40. The molecule has 1 unspecified atom stereocenters. The third-order valence-corrected chi connectivity index (χ3v) is 3.07. The number of hydrogen-bond donors (Lipinski definition) is 1. The molecule has 20 heavy (non-hydrogen) atoms. The quantitative estimate of drug-likeness (QED) is 0.815. The number of nitrogens with two attached hydrogens (primary N) is 1. The number of amides is 1. The van der Waals surface area contributed by atoms with Crippen molar-refractivity contribution in [1.82, 2.24) is 4.90 Å². The first-order valence-corrected chi connectivity index (χ1v) is 6.57. The molecule has 0 fully saturated rings. The first-order chi connectivity index (χ1) is 9.60. The Balaban J connectivity index is 2.76. The van der Waals surface area contributed by atoms with Crippen molar-refractivity contribution >= 4 is 5.91 Å². The molecule has 2 N–H and O–H groups in total. The molecule has 0 aliphatic carbocycles. The van der Waals surface area contributed by atoms with Gasteiger partial charge in [-0.15, -0.1) is 0 Å². The number of hydrogen-bond acceptors (Lipinski definition) is 4. The van der Waals surface area contributed by atoms with E-state index < -0.39 is 6.04 Å². The summed E-state index contributed by atoms with van der Waals surface area (Å²) in [4.78, 5) is 14.0. The van der Waals surface area contributed by atoms with Gasteiger partial charge in [0.05, 0.1) is 19.1 Å². The van der Waals surface area contributed by atoms with Crippen LogP contribution >= 0.6 is 0 Å². The second-order valence-corrected chi connectivity index (χ2v) is 4.61. The zero-order chi connectivity index (χ0) is 15.0. The van der Waals surface area contributed by atoms with Gasteiger partial charge in [-0.05, 0) is 12.5 Å². The molecule has 0 aliphatic heterocycles. The van der Waals surface area contributed by atoms with Gasteiger partial charge in [0.25, 0.3) is 0 Å². The fraction of sp³-hybridized carbons (Fsp3) is 0.467. The number of nitrogens with zero attached hydrogens (tertiary/aromatic N) is 2. The van der Waals surface area contributed by atoms with Crippen molar-refractivity contribution in [2.24, 2.45) is 5.73 Å². The minimum Gasteiger partial charge on any atom is -0.383 e. The Morgan fingerprint density at radius 3 is 2.60 bits per heavy atom. The summed E-state index contributed by atoms with van der Waals surface area (Å²) in [6, 6.07) is 8.91. The van der Waals surface area contributed by atoms with Crippen LogP contribution in [0.5, 0.6) is 0 Å². The lowest BCUT2D eigenvalue weighted by atomic mass is 10.0. The number of benzene rings is 1. The predicted molar refractivity (Wildman–Crippen MR) is 76.8 cm³/mol. The van der Waals surface area contributed by atoms with Crippen LogP contribution in [0.4, 0.5) is 0 Å². The van der Waals surface area contributed by atoms with Gasteiger partial charge in [0, 0.05) is 20.2 Å². The van der Waals surface area contributed by atoms with Crippen molar-refractivity contribution in [3.8, 4) is 6.07 Å². The van der Waals surface area contributed by atoms with Crippen molar-refractivity contribution in [2.45, 2.75) is 19.4 Å². The second-order valence-electron chi connectivity index (χ2n) is 4.61. The van der Waals surface area contributed by atoms with E-state index in [1.54, 1.807) is 12.0 Å². The van der Waals surface area contributed by atoms with Gasteiger partial charge in [-0.3, -0.25) is 4.79 Å². The van der Waals surface area contributed by atoms with Crippen LogP contribution in [0.1, 0.15) is 23.6 Å². The van der Waals surface area contributed by atoms with E-state index in [2.05, 4.69) is 0 Å². The molecule has 108 valence electrons. The molecule has 0 saturated carbocycles. The smallest absolute Gasteiger partial charge is 0.244 e. The summed E-state index contributed by atoms with van der Waals surface area (Å²) in [5, 5.41) is 8.66. The summed E-state index contributed by atoms with van der Waals surface area (Å²) >= 11 is 0. The molecule has 0 aliphatic rings. The molecular formula is C15H21N3O2. The Morgan fingerprint density at radius 2 is 2.05 bits per heavy atom. The van der Waals surface area contributed by atoms with E-state index in [0.29, 0.717) is 19.7 Å². The Hall–Kier alpha value is -1.90. The highest BCUT2D eigenvalue weighted by Crippen LogP contribution is 2.14. The minimum absolute atomic E-state index is 0.179. The topological polar surface area (TPSA) is 79.3 Å². The average molecular weight is 275 g/mol. The van der Waals surface area contributed by atoms with Crippen LogP contribution in [0.25, 0.3) is 0 Å². The van der Waals surface area contributed by atoms with E-state index in [1.807, 2.05) is 37.3 Å². The van der Waals surface area contributed by atoms with E-state index >= 15 is 0 Å². The molecule has 0 saturated heterocycles. The van der Waals surface area contributed by atoms with Crippen LogP contribution in [0.3, 0.4) is 0 Å². The fourth-order valence-electron chi connectivity index (χ4n) is 1.83. The number of methoxy groups -OCH3 is 1. The van der Waals surface area contributed by atoms with E-state index in [0.717, 1.165) is 11.1 Å². The SMILES string of the molecule is COCCN(CCC#N)C(=O)C(N)c1ccc(C)cc1. The number of ether oxygens (including phenoxy) is 1. The molecule has 1 aromatic rings. The third kappa shape index (κ3) is 4.65. The van der Waals surface area contributed by atoms with Crippen molar-refractivity contribution in [3.05, 3.63) is 35.4 Å². The maximum Gasteiger partial charge on any atom is 0.244 e. The van der Waals surface area contributed by atoms with E-state index in [-0.39, 0.29) is 12.3 Å². The predicted octanol–water partition coefficient (Wildman–Crippen LogP) is 1.38. The lowest BCUT2D eigenvalue weighted by Gasteiger charge is -2.24. The standard InChI is InChI=1S/C15H21N3O2/c1-12-4-6-13(7-5-12)14(17)15(19)18(9-3-8-16)10-11-20-2/h4-7,14H,3,9-11,17H2,1-2H3. The molecule has 1 atom stereocenters. The van der Waals surface area contributed by atoms with E-state index in [1.165, 1.54) is 0 Å². The molecule has 5 nitrogen and oxygen atoms in total. The van der Waals surface area contributed by atoms with Crippen LogP contribution in [-0.4, -0.2) is 37.6 Å². The minimum atomic E-state index is -0.703. The molecule has 1 rings (SSSR count). The van der Waals surface area contributed by atoms with Crippen molar-refractivity contribution < 1.29 is 9.53 Å². The number of nitriles is 1. The van der Waals surface area contributed by atoms with Gasteiger partial charge < -0.3 is 15.4 Å². The fourth-order valence-corrected chi connectivity index (χ4v) is 1.83. The van der Waals surface area contributed by atoms with E-state index in [9.17, 15) is 4.79 Å². The van der Waals surface area contributed by atoms with Crippen LogP contribution in [-0.2, 0) is 9.53 Å². The van der Waals surface area contributed by atoms with Gasteiger partial charge >= 0.3 is 0 Å². The van der Waals surface area contributed by atoms with Gasteiger partial charge in [-0.2, -0.15) is 5.26 Å². The second kappa shape index (κ2) is 8.31. The van der Waals surface area contributed by atoms with Gasteiger partial charge in [0.15, 0.2) is 0 Å². The molecule has 0 heterocycles. The molecule has 5 heteroatoms. The van der Waals surface area contributed by atoms with Crippen LogP contribution in [0.2, 0.25) is 0 Å². The van der Waals surface area contributed by atoms with Gasteiger partial charge in [-0.25, -0.2) is 0 Å². The lowest BCUT2D eigenvalue weighted by molar-refractivity contribution is -0.133. The third-order valence-electron chi connectivity index (χ3n) is 3.07. The van der Waals surface area contributed by atoms with Gasteiger partial charge in [0.2, 0.25) is 5.91 Å². The number of rotatable bonds is 7. The molecular weight excluding hydrogens is 254 g/mol. The average Bonchev–Trinajstić information content (AvgIpc) is 2.47. The Morgan fingerprint density at radius 1 is 1.40 bits per heavy atom. The van der Waals surface area contributed by atoms with Crippen molar-refractivity contribution in [1.29, 1.82) is 5.26 Å². The summed E-state index contributed by atoms with van der Waals surface area (Å²) in [5.41, 5.74) is 7.92. The largest absolute Gasteiger partial charge is 0.383 e. The van der Waals surface area contributed by atoms with Gasteiger partial charge in [0.1, 0.15) is 6.04 Å². The van der Waals surface area contributed by atoms with Crippen LogP contribution < -0.4 is 5.73 Å². The molecule has 0 spiro atoms. The Labute approximate surface area is 119 Å². The highest BCUT2D eigenvalue weighted by Gasteiger charge is 2.21. The highest BCUT2D eigenvalue weighted by molar-refractivity contribution is 5.83. The zero-order valence-corrected chi connectivity index (χ0v) is 12.0. The summed E-state index contributed by atoms with van der Waals surface area (Å²) in [7, 11) is 1.58. The first kappa shape index (κ1) is 16.2. The summed E-state index contributed by atoms with van der Waals surface area (Å²) in [6.07, 6.45) is 0.288.